The molecule has 9 nitrogen and oxygen atoms in total. The maximum atomic E-state index is 14.1. The zero-order valence-electron chi connectivity index (χ0n) is 23.0. The van der Waals surface area contributed by atoms with Crippen molar-refractivity contribution in [3.63, 3.8) is 0 Å². The first-order chi connectivity index (χ1) is 19.4. The van der Waals surface area contributed by atoms with Crippen molar-refractivity contribution in [1.82, 2.24) is 20.7 Å². The number of carbonyl (C=O) groups is 3. The fourth-order valence-electron chi connectivity index (χ4n) is 4.12. The number of carbonyl (C=O) groups excluding carboxylic acids is 3. The molecule has 0 bridgehead atoms. The summed E-state index contributed by atoms with van der Waals surface area (Å²) in [6.45, 7) is 5.99. The van der Waals surface area contributed by atoms with Crippen LogP contribution in [0.3, 0.4) is 0 Å². The largest absolute Gasteiger partial charge is 0.497 e. The molecule has 40 heavy (non-hydrogen) atoms. The Bertz CT molecular complexity index is 1150. The molecule has 0 aliphatic carbocycles. The lowest BCUT2D eigenvalue weighted by atomic mass is 9.96. The number of rotatable bonds is 15. The van der Waals surface area contributed by atoms with E-state index in [9.17, 15) is 14.0 Å². The molecule has 0 spiro atoms. The minimum Gasteiger partial charge on any atom is -0.497 e. The molecule has 0 heterocycles. The Kier molecular flexibility index (Phi) is 14.0. The second-order valence-corrected chi connectivity index (χ2v) is 8.92. The molecule has 2 atom stereocenters. The molecule has 3 rings (SSSR count). The van der Waals surface area contributed by atoms with Gasteiger partial charge in [0.25, 0.3) is 0 Å². The number of hydrogen-bond acceptors (Lipinski definition) is 7. The normalized spacial score (nSPS) is 12.0. The average molecular weight is 552 g/mol. The molecular weight excluding hydrogens is 513 g/mol. The van der Waals surface area contributed by atoms with Crippen LogP contribution >= 0.6 is 0 Å². The number of ether oxygens (including phenoxy) is 1. The maximum absolute atomic E-state index is 14.1. The molecule has 0 fully saturated rings. The Morgan fingerprint density at radius 2 is 1.62 bits per heavy atom. The molecule has 1 unspecified atom stereocenters. The van der Waals surface area contributed by atoms with Crippen molar-refractivity contribution in [1.29, 1.82) is 0 Å². The molecule has 0 aromatic heterocycles. The summed E-state index contributed by atoms with van der Waals surface area (Å²) in [5, 5.41) is 4.52. The highest BCUT2D eigenvalue weighted by Crippen LogP contribution is 2.22. The van der Waals surface area contributed by atoms with Crippen LogP contribution in [0.15, 0.2) is 78.9 Å². The van der Waals surface area contributed by atoms with Gasteiger partial charge in [0.1, 0.15) is 18.4 Å². The number of nitrogens with one attached hydrogen (secondary N) is 2. The van der Waals surface area contributed by atoms with Gasteiger partial charge in [0.05, 0.1) is 25.7 Å². The monoisotopic (exact) mass is 551 g/mol. The number of hydrazine groups is 1. The zero-order valence-corrected chi connectivity index (χ0v) is 23.0. The predicted octanol–water partition coefficient (Wildman–Crippen LogP) is 2.82. The molecule has 214 valence electrons. The van der Waals surface area contributed by atoms with Crippen LogP contribution in [0.4, 0.5) is 4.39 Å². The molecule has 0 aliphatic heterocycles. The molecule has 2 amide bonds. The number of likely N-dealkylation sites (N-methyl/N-ethyl adjacent to an activating group) is 1. The highest BCUT2D eigenvalue weighted by molar-refractivity contribution is 5.84. The Morgan fingerprint density at radius 3 is 2.20 bits per heavy atom. The summed E-state index contributed by atoms with van der Waals surface area (Å²) in [4.78, 5) is 34.8. The molecule has 0 radical (unpaired) electrons. The Hall–Kier alpha value is -4.12. The second-order valence-electron chi connectivity index (χ2n) is 8.92. The minimum atomic E-state index is -0.718. The third-order valence-electron chi connectivity index (χ3n) is 6.25. The predicted molar refractivity (Wildman–Crippen MR) is 152 cm³/mol. The van der Waals surface area contributed by atoms with Crippen LogP contribution in [0.5, 0.6) is 5.75 Å². The Morgan fingerprint density at radius 1 is 1.00 bits per heavy atom. The van der Waals surface area contributed by atoms with Gasteiger partial charge in [-0.3, -0.25) is 15.0 Å². The molecule has 3 aromatic carbocycles. The van der Waals surface area contributed by atoms with E-state index < -0.39 is 12.1 Å². The van der Waals surface area contributed by atoms with Crippen LogP contribution in [-0.2, 0) is 27.5 Å². The van der Waals surface area contributed by atoms with Crippen molar-refractivity contribution in [2.45, 2.75) is 32.1 Å². The SMILES string of the molecule is C=O.CCN(C[C@H](C(=O)N(Cc1ccc(OC)cc1)CC(N)NC=O)c1ccccc1)NCc1ccc(F)cc1. The summed E-state index contributed by atoms with van der Waals surface area (Å²) >= 11 is 0. The van der Waals surface area contributed by atoms with Crippen LogP contribution in [0.2, 0.25) is 0 Å². The third kappa shape index (κ3) is 10.2. The number of hydrogen-bond donors (Lipinski definition) is 3. The van der Waals surface area contributed by atoms with Crippen molar-refractivity contribution in [3.8, 4) is 5.75 Å². The molecule has 10 heteroatoms. The van der Waals surface area contributed by atoms with Crippen molar-refractivity contribution in [2.75, 3.05) is 26.7 Å². The summed E-state index contributed by atoms with van der Waals surface area (Å²) < 4.78 is 18.5. The van der Waals surface area contributed by atoms with Crippen molar-refractivity contribution in [3.05, 3.63) is 101 Å². The van der Waals surface area contributed by atoms with E-state index in [4.69, 9.17) is 15.3 Å². The van der Waals surface area contributed by atoms with E-state index in [2.05, 4.69) is 10.7 Å². The van der Waals surface area contributed by atoms with Crippen LogP contribution in [0.25, 0.3) is 0 Å². The van der Waals surface area contributed by atoms with Gasteiger partial charge in [0.15, 0.2) is 0 Å². The van der Waals surface area contributed by atoms with E-state index in [1.54, 1.807) is 24.1 Å². The average Bonchev–Trinajstić information content (AvgIpc) is 2.99. The maximum Gasteiger partial charge on any atom is 0.231 e. The Balaban J connectivity index is 0.00000274. The molecule has 0 aliphatic rings. The summed E-state index contributed by atoms with van der Waals surface area (Å²) in [6, 6.07) is 23.4. The highest BCUT2D eigenvalue weighted by atomic mass is 19.1. The van der Waals surface area contributed by atoms with Gasteiger partial charge in [-0.15, -0.1) is 0 Å². The summed E-state index contributed by atoms with van der Waals surface area (Å²) in [6.07, 6.45) is -0.182. The van der Waals surface area contributed by atoms with Gasteiger partial charge in [-0.1, -0.05) is 61.5 Å². The number of benzene rings is 3. The van der Waals surface area contributed by atoms with Gasteiger partial charge in [-0.2, -0.15) is 0 Å². The number of amides is 2. The number of nitrogens with two attached hydrogens (primary N) is 1. The first-order valence-electron chi connectivity index (χ1n) is 12.9. The summed E-state index contributed by atoms with van der Waals surface area (Å²) in [7, 11) is 1.60. The standard InChI is InChI=1S/C29H36FN5O3.CH2O/c1-3-35(33-17-22-9-13-25(30)14-10-22)19-27(24-7-5-4-6-8-24)29(37)34(20-28(31)32-21-36)18-23-11-15-26(38-2)16-12-23;1-2/h4-16,21,27-28,33H,3,17-20,31H2,1-2H3,(H,32,36);1H2/t27-,28?;/m0./s1. The molecule has 4 N–H and O–H groups in total. The first kappa shape index (κ1) is 32.1. The topological polar surface area (TPSA) is 117 Å². The van der Waals surface area contributed by atoms with E-state index in [0.717, 1.165) is 22.4 Å². The highest BCUT2D eigenvalue weighted by Gasteiger charge is 2.29. The number of nitrogens with zero attached hydrogens (tertiary/aromatic N) is 2. The lowest BCUT2D eigenvalue weighted by Crippen LogP contribution is -2.50. The third-order valence-corrected chi connectivity index (χ3v) is 6.25. The summed E-state index contributed by atoms with van der Waals surface area (Å²) in [5.41, 5.74) is 12.2. The molecule has 3 aromatic rings. The smallest absolute Gasteiger partial charge is 0.231 e. The van der Waals surface area contributed by atoms with Gasteiger partial charge in [-0.05, 0) is 41.0 Å². The van der Waals surface area contributed by atoms with Gasteiger partial charge in [0.2, 0.25) is 12.3 Å². The van der Waals surface area contributed by atoms with Crippen LogP contribution in [0, 0.1) is 5.82 Å². The van der Waals surface area contributed by atoms with E-state index >= 15 is 0 Å². The lowest BCUT2D eigenvalue weighted by molar-refractivity contribution is -0.135. The fourth-order valence-corrected chi connectivity index (χ4v) is 4.12. The van der Waals surface area contributed by atoms with E-state index in [1.165, 1.54) is 12.1 Å². The molecule has 0 saturated heterocycles. The minimum absolute atomic E-state index is 0.114. The van der Waals surface area contributed by atoms with Crippen molar-refractivity contribution < 1.29 is 23.5 Å². The number of methoxy groups -OCH3 is 1. The van der Waals surface area contributed by atoms with E-state index in [0.29, 0.717) is 32.6 Å². The lowest BCUT2D eigenvalue weighted by Gasteiger charge is -2.32. The summed E-state index contributed by atoms with van der Waals surface area (Å²) in [5.74, 6) is -0.176. The first-order valence-corrected chi connectivity index (χ1v) is 12.9. The van der Waals surface area contributed by atoms with Crippen molar-refractivity contribution >= 4 is 19.1 Å². The van der Waals surface area contributed by atoms with Gasteiger partial charge in [-0.25, -0.2) is 9.40 Å². The zero-order chi connectivity index (χ0) is 29.3. The van der Waals surface area contributed by atoms with Gasteiger partial charge < -0.3 is 25.5 Å². The van der Waals surface area contributed by atoms with E-state index in [1.807, 2.05) is 73.3 Å². The van der Waals surface area contributed by atoms with Crippen LogP contribution in [-0.4, -0.2) is 61.9 Å². The quantitative estimate of drug-likeness (QED) is 0.151. The Labute approximate surface area is 235 Å². The fraction of sp³-hybridized carbons (Fsp3) is 0.300. The van der Waals surface area contributed by atoms with Gasteiger partial charge >= 0.3 is 0 Å². The van der Waals surface area contributed by atoms with Crippen LogP contribution < -0.4 is 21.2 Å². The number of halogens is 1. The molecule has 0 saturated carbocycles. The van der Waals surface area contributed by atoms with Gasteiger partial charge in [0, 0.05) is 26.2 Å². The molecular formula is C30H38FN5O4. The second kappa shape index (κ2) is 17.5. The van der Waals surface area contributed by atoms with Crippen LogP contribution in [0.1, 0.15) is 29.5 Å². The van der Waals surface area contributed by atoms with E-state index in [-0.39, 0.29) is 18.3 Å². The van der Waals surface area contributed by atoms with Crippen molar-refractivity contribution in [2.24, 2.45) is 5.73 Å².